The molecule has 0 saturated carbocycles. The molecular weight excluding hydrogens is 180 g/mol. The largest absolute Gasteiger partial charge is 0.377 e. The summed E-state index contributed by atoms with van der Waals surface area (Å²) in [6.45, 7) is 0. The first kappa shape index (κ1) is 7.33. The van der Waals surface area contributed by atoms with E-state index in [0.29, 0.717) is 5.37 Å². The zero-order valence-electron chi connectivity index (χ0n) is 7.08. The van der Waals surface area contributed by atoms with Crippen LogP contribution in [0.3, 0.4) is 0 Å². The van der Waals surface area contributed by atoms with Crippen molar-refractivity contribution < 1.29 is 0 Å². The highest BCUT2D eigenvalue weighted by atomic mass is 32.2. The molecule has 0 amide bonds. The number of para-hydroxylation sites is 1. The van der Waals surface area contributed by atoms with Crippen LogP contribution in [0.2, 0.25) is 0 Å². The SMILES string of the molecule is C1=C2NCSC2Nc2ccccc21. The fourth-order valence-corrected chi connectivity index (χ4v) is 2.66. The standard InChI is InChI=1S/C10H10N2S/c1-2-4-8-7(3-1)5-9-10(12-8)13-6-11-9/h1-5,10-12H,6H2. The maximum atomic E-state index is 3.49. The molecule has 1 fully saturated rings. The van der Waals surface area contributed by atoms with Gasteiger partial charge in [0.2, 0.25) is 0 Å². The fraction of sp³-hybridized carbons (Fsp3) is 0.200. The van der Waals surface area contributed by atoms with Crippen molar-refractivity contribution >= 4 is 23.5 Å². The summed E-state index contributed by atoms with van der Waals surface area (Å²) < 4.78 is 0. The van der Waals surface area contributed by atoms with Crippen molar-refractivity contribution in [3.63, 3.8) is 0 Å². The van der Waals surface area contributed by atoms with Crippen LogP contribution >= 0.6 is 11.8 Å². The summed E-state index contributed by atoms with van der Waals surface area (Å²) >= 11 is 1.90. The van der Waals surface area contributed by atoms with Gasteiger partial charge in [-0.05, 0) is 17.7 Å². The van der Waals surface area contributed by atoms with E-state index in [2.05, 4.69) is 41.0 Å². The smallest absolute Gasteiger partial charge is 0.114 e. The highest BCUT2D eigenvalue weighted by Crippen LogP contribution is 2.33. The lowest BCUT2D eigenvalue weighted by molar-refractivity contribution is 0.950. The maximum absolute atomic E-state index is 3.49. The van der Waals surface area contributed by atoms with Crippen LogP contribution in [0.25, 0.3) is 6.08 Å². The van der Waals surface area contributed by atoms with Gasteiger partial charge < -0.3 is 10.6 Å². The Morgan fingerprint density at radius 1 is 1.31 bits per heavy atom. The first-order valence-corrected chi connectivity index (χ1v) is 5.41. The number of nitrogens with one attached hydrogen (secondary N) is 2. The molecule has 2 aliphatic heterocycles. The third kappa shape index (κ3) is 1.11. The molecule has 0 aromatic heterocycles. The van der Waals surface area contributed by atoms with Gasteiger partial charge in [0.25, 0.3) is 0 Å². The van der Waals surface area contributed by atoms with Gasteiger partial charge in [-0.3, -0.25) is 0 Å². The van der Waals surface area contributed by atoms with Crippen LogP contribution in [0.4, 0.5) is 5.69 Å². The lowest BCUT2D eigenvalue weighted by Crippen LogP contribution is -2.22. The first-order chi connectivity index (χ1) is 6.43. The predicted molar refractivity (Wildman–Crippen MR) is 57.4 cm³/mol. The number of fused-ring (bicyclic) bond motifs is 2. The van der Waals surface area contributed by atoms with Crippen molar-refractivity contribution in [1.82, 2.24) is 5.32 Å². The van der Waals surface area contributed by atoms with Gasteiger partial charge in [0.05, 0.1) is 5.88 Å². The summed E-state index contributed by atoms with van der Waals surface area (Å²) in [5.41, 5.74) is 3.83. The number of thioether (sulfide) groups is 1. The molecule has 2 N–H and O–H groups in total. The Morgan fingerprint density at radius 3 is 3.23 bits per heavy atom. The highest BCUT2D eigenvalue weighted by Gasteiger charge is 2.24. The van der Waals surface area contributed by atoms with Crippen LogP contribution in [0.15, 0.2) is 30.0 Å². The van der Waals surface area contributed by atoms with Crippen molar-refractivity contribution in [1.29, 1.82) is 0 Å². The average Bonchev–Trinajstić information content (AvgIpc) is 2.61. The second-order valence-corrected chi connectivity index (χ2v) is 4.29. The quantitative estimate of drug-likeness (QED) is 0.655. The van der Waals surface area contributed by atoms with Crippen molar-refractivity contribution in [3.8, 4) is 0 Å². The minimum Gasteiger partial charge on any atom is -0.377 e. The number of hydrogen-bond acceptors (Lipinski definition) is 3. The highest BCUT2D eigenvalue weighted by molar-refractivity contribution is 8.00. The summed E-state index contributed by atoms with van der Waals surface area (Å²) in [5.74, 6) is 1.01. The van der Waals surface area contributed by atoms with E-state index in [-0.39, 0.29) is 0 Å². The molecule has 2 heterocycles. The maximum Gasteiger partial charge on any atom is 0.114 e. The minimum atomic E-state index is 0.440. The van der Waals surface area contributed by atoms with Crippen LogP contribution in [-0.4, -0.2) is 11.3 Å². The van der Waals surface area contributed by atoms with Crippen LogP contribution in [0, 0.1) is 0 Å². The molecule has 3 heteroatoms. The molecule has 3 rings (SSSR count). The molecule has 0 aliphatic carbocycles. The lowest BCUT2D eigenvalue weighted by Gasteiger charge is -2.21. The van der Waals surface area contributed by atoms with E-state index in [1.165, 1.54) is 16.9 Å². The zero-order valence-corrected chi connectivity index (χ0v) is 7.90. The van der Waals surface area contributed by atoms with Gasteiger partial charge in [0, 0.05) is 11.4 Å². The topological polar surface area (TPSA) is 24.1 Å². The van der Waals surface area contributed by atoms with Crippen molar-refractivity contribution in [2.45, 2.75) is 5.37 Å². The van der Waals surface area contributed by atoms with Gasteiger partial charge in [-0.15, -0.1) is 11.8 Å². The van der Waals surface area contributed by atoms with E-state index in [9.17, 15) is 0 Å². The predicted octanol–water partition coefficient (Wildman–Crippen LogP) is 2.07. The van der Waals surface area contributed by atoms with E-state index in [1.54, 1.807) is 0 Å². The van der Waals surface area contributed by atoms with Crippen molar-refractivity contribution in [2.75, 3.05) is 11.2 Å². The molecule has 66 valence electrons. The van der Waals surface area contributed by atoms with E-state index >= 15 is 0 Å². The number of rotatable bonds is 0. The van der Waals surface area contributed by atoms with Gasteiger partial charge in [-0.1, -0.05) is 18.2 Å². The Labute approximate surface area is 81.4 Å². The van der Waals surface area contributed by atoms with Crippen molar-refractivity contribution in [2.24, 2.45) is 0 Å². The summed E-state index contributed by atoms with van der Waals surface area (Å²) in [5, 5.41) is 7.29. The average molecular weight is 190 g/mol. The molecule has 1 aromatic carbocycles. The molecule has 1 atom stereocenters. The Balaban J connectivity index is 2.10. The van der Waals surface area contributed by atoms with Crippen LogP contribution < -0.4 is 10.6 Å². The Kier molecular flexibility index (Phi) is 1.52. The molecule has 0 spiro atoms. The monoisotopic (exact) mass is 190 g/mol. The molecule has 0 bridgehead atoms. The fourth-order valence-electron chi connectivity index (χ4n) is 1.70. The molecule has 1 saturated heterocycles. The first-order valence-electron chi connectivity index (χ1n) is 4.36. The number of anilines is 1. The Bertz CT molecular complexity index is 373. The van der Waals surface area contributed by atoms with Gasteiger partial charge >= 0.3 is 0 Å². The summed E-state index contributed by atoms with van der Waals surface area (Å²) in [6.07, 6.45) is 2.23. The number of hydrogen-bond donors (Lipinski definition) is 2. The lowest BCUT2D eigenvalue weighted by atomic mass is 10.1. The minimum absolute atomic E-state index is 0.440. The third-order valence-electron chi connectivity index (χ3n) is 2.37. The summed E-state index contributed by atoms with van der Waals surface area (Å²) in [7, 11) is 0. The van der Waals surface area contributed by atoms with E-state index in [4.69, 9.17) is 0 Å². The summed E-state index contributed by atoms with van der Waals surface area (Å²) in [4.78, 5) is 0. The van der Waals surface area contributed by atoms with Gasteiger partial charge in [-0.25, -0.2) is 0 Å². The van der Waals surface area contributed by atoms with E-state index < -0.39 is 0 Å². The van der Waals surface area contributed by atoms with Gasteiger partial charge in [-0.2, -0.15) is 0 Å². The third-order valence-corrected chi connectivity index (χ3v) is 3.38. The molecule has 0 radical (unpaired) electrons. The second kappa shape index (κ2) is 2.70. The number of benzene rings is 1. The molecule has 1 aromatic rings. The molecule has 2 aliphatic rings. The Hall–Kier alpha value is -1.09. The zero-order chi connectivity index (χ0) is 8.67. The molecular formula is C10H10N2S. The summed E-state index contributed by atoms with van der Waals surface area (Å²) in [6, 6.07) is 8.40. The van der Waals surface area contributed by atoms with Gasteiger partial charge in [0.1, 0.15) is 5.37 Å². The van der Waals surface area contributed by atoms with Crippen LogP contribution in [-0.2, 0) is 0 Å². The van der Waals surface area contributed by atoms with Crippen LogP contribution in [0.5, 0.6) is 0 Å². The molecule has 13 heavy (non-hydrogen) atoms. The van der Waals surface area contributed by atoms with Crippen LogP contribution in [0.1, 0.15) is 5.56 Å². The molecule has 2 nitrogen and oxygen atoms in total. The van der Waals surface area contributed by atoms with Gasteiger partial charge in [0.15, 0.2) is 0 Å². The normalized spacial score (nSPS) is 23.7. The van der Waals surface area contributed by atoms with E-state index in [0.717, 1.165) is 5.88 Å². The second-order valence-electron chi connectivity index (χ2n) is 3.20. The molecule has 1 unspecified atom stereocenters. The van der Waals surface area contributed by atoms with Crippen molar-refractivity contribution in [3.05, 3.63) is 35.5 Å². The Morgan fingerprint density at radius 2 is 2.23 bits per heavy atom. The van der Waals surface area contributed by atoms with E-state index in [1.807, 2.05) is 11.8 Å².